The number of methoxy groups -OCH3 is 2. The number of benzene rings is 1. The van der Waals surface area contributed by atoms with Crippen molar-refractivity contribution in [3.8, 4) is 22.8 Å². The highest BCUT2D eigenvalue weighted by atomic mass is 16.5. The van der Waals surface area contributed by atoms with Crippen molar-refractivity contribution in [3.63, 3.8) is 0 Å². The van der Waals surface area contributed by atoms with Gasteiger partial charge in [-0.25, -0.2) is 19.7 Å². The highest BCUT2D eigenvalue weighted by molar-refractivity contribution is 5.92. The summed E-state index contributed by atoms with van der Waals surface area (Å²) in [6.07, 6.45) is 4.74. The maximum atomic E-state index is 13.1. The van der Waals surface area contributed by atoms with E-state index in [1.165, 1.54) is 10.8 Å². The SMILES string of the molecule is COc1ccc(Cn2c(=O)n3ncnc3c3cc(-c4cccnc4OC)cnc32)cc1. The van der Waals surface area contributed by atoms with E-state index in [-0.39, 0.29) is 5.69 Å². The van der Waals surface area contributed by atoms with Gasteiger partial charge >= 0.3 is 5.69 Å². The van der Waals surface area contributed by atoms with Crippen molar-refractivity contribution < 1.29 is 9.47 Å². The van der Waals surface area contributed by atoms with Crippen LogP contribution in [0, 0.1) is 0 Å². The van der Waals surface area contributed by atoms with Crippen molar-refractivity contribution >= 4 is 16.7 Å². The summed E-state index contributed by atoms with van der Waals surface area (Å²) in [5.41, 5.74) is 3.19. The summed E-state index contributed by atoms with van der Waals surface area (Å²) in [7, 11) is 3.19. The molecule has 0 saturated heterocycles. The molecule has 154 valence electrons. The van der Waals surface area contributed by atoms with E-state index >= 15 is 0 Å². The number of pyridine rings is 2. The Morgan fingerprint density at radius 3 is 2.58 bits per heavy atom. The maximum absolute atomic E-state index is 13.1. The van der Waals surface area contributed by atoms with Crippen LogP contribution in [-0.2, 0) is 6.54 Å². The summed E-state index contributed by atoms with van der Waals surface area (Å²) >= 11 is 0. The van der Waals surface area contributed by atoms with Gasteiger partial charge in [-0.2, -0.15) is 9.61 Å². The predicted molar refractivity (Wildman–Crippen MR) is 114 cm³/mol. The minimum absolute atomic E-state index is 0.310. The second-order valence-electron chi connectivity index (χ2n) is 6.87. The average molecular weight is 414 g/mol. The van der Waals surface area contributed by atoms with Gasteiger partial charge < -0.3 is 9.47 Å². The molecule has 5 rings (SSSR count). The monoisotopic (exact) mass is 414 g/mol. The van der Waals surface area contributed by atoms with E-state index in [0.717, 1.165) is 22.4 Å². The molecule has 0 aliphatic carbocycles. The van der Waals surface area contributed by atoms with E-state index < -0.39 is 0 Å². The molecule has 5 aromatic rings. The number of nitrogens with zero attached hydrogens (tertiary/aromatic N) is 6. The standard InChI is InChI=1S/C22H18N6O3/c1-30-16-7-5-14(6-8-16)12-27-19-18(20-25-13-26-28(20)22(27)29)10-15(11-24-19)17-4-3-9-23-21(17)31-2/h3-11,13H,12H2,1-2H3. The lowest BCUT2D eigenvalue weighted by molar-refractivity contribution is 0.399. The minimum atomic E-state index is -0.310. The molecular weight excluding hydrogens is 396 g/mol. The molecule has 0 radical (unpaired) electrons. The summed E-state index contributed by atoms with van der Waals surface area (Å²) in [5, 5.41) is 4.82. The van der Waals surface area contributed by atoms with Crippen LogP contribution in [0.4, 0.5) is 0 Å². The number of rotatable bonds is 5. The van der Waals surface area contributed by atoms with Crippen LogP contribution in [-0.4, -0.2) is 43.4 Å². The molecule has 0 fully saturated rings. The van der Waals surface area contributed by atoms with Crippen molar-refractivity contribution in [3.05, 3.63) is 77.2 Å². The molecule has 0 amide bonds. The largest absolute Gasteiger partial charge is 0.497 e. The van der Waals surface area contributed by atoms with Crippen LogP contribution in [0.3, 0.4) is 0 Å². The fourth-order valence-electron chi connectivity index (χ4n) is 3.58. The first kappa shape index (κ1) is 18.7. The van der Waals surface area contributed by atoms with Gasteiger partial charge in [-0.3, -0.25) is 4.57 Å². The smallest absolute Gasteiger partial charge is 0.352 e. The van der Waals surface area contributed by atoms with E-state index in [0.29, 0.717) is 29.1 Å². The van der Waals surface area contributed by atoms with E-state index in [1.54, 1.807) is 31.2 Å². The molecule has 4 heterocycles. The van der Waals surface area contributed by atoms with Gasteiger partial charge in [-0.1, -0.05) is 12.1 Å². The topological polar surface area (TPSA) is 96.4 Å². The van der Waals surface area contributed by atoms with Crippen molar-refractivity contribution in [2.24, 2.45) is 0 Å². The molecule has 0 aliphatic heterocycles. The first-order chi connectivity index (χ1) is 15.2. The van der Waals surface area contributed by atoms with Crippen LogP contribution in [0.5, 0.6) is 11.6 Å². The van der Waals surface area contributed by atoms with E-state index in [2.05, 4.69) is 20.1 Å². The first-order valence-corrected chi connectivity index (χ1v) is 9.54. The van der Waals surface area contributed by atoms with Gasteiger partial charge in [0.15, 0.2) is 5.65 Å². The van der Waals surface area contributed by atoms with Crippen molar-refractivity contribution in [2.45, 2.75) is 6.54 Å². The Hall–Kier alpha value is -4.27. The van der Waals surface area contributed by atoms with Gasteiger partial charge in [0.2, 0.25) is 5.88 Å². The fourth-order valence-corrected chi connectivity index (χ4v) is 3.58. The quantitative estimate of drug-likeness (QED) is 0.436. The first-order valence-electron chi connectivity index (χ1n) is 9.54. The molecular formula is C22H18N6O3. The molecule has 0 aliphatic rings. The highest BCUT2D eigenvalue weighted by Gasteiger charge is 2.16. The van der Waals surface area contributed by atoms with Crippen LogP contribution >= 0.6 is 0 Å². The molecule has 31 heavy (non-hydrogen) atoms. The van der Waals surface area contributed by atoms with E-state index in [1.807, 2.05) is 42.5 Å². The molecule has 0 spiro atoms. The van der Waals surface area contributed by atoms with Gasteiger partial charge in [-0.05, 0) is 35.9 Å². The third kappa shape index (κ3) is 3.16. The molecule has 9 nitrogen and oxygen atoms in total. The lowest BCUT2D eigenvalue weighted by Crippen LogP contribution is -2.28. The number of aromatic nitrogens is 6. The van der Waals surface area contributed by atoms with Crippen LogP contribution in [0.15, 0.2) is 66.0 Å². The van der Waals surface area contributed by atoms with Crippen molar-refractivity contribution in [2.75, 3.05) is 14.2 Å². The Bertz CT molecular complexity index is 1460. The van der Waals surface area contributed by atoms with Crippen LogP contribution in [0.25, 0.3) is 27.8 Å². The van der Waals surface area contributed by atoms with Gasteiger partial charge in [0.05, 0.1) is 26.2 Å². The summed E-state index contributed by atoms with van der Waals surface area (Å²) < 4.78 is 13.5. The third-order valence-electron chi connectivity index (χ3n) is 5.10. The Kier molecular flexibility index (Phi) is 4.55. The third-order valence-corrected chi connectivity index (χ3v) is 5.10. The molecule has 0 unspecified atom stereocenters. The van der Waals surface area contributed by atoms with Crippen LogP contribution in [0.1, 0.15) is 5.56 Å². The zero-order chi connectivity index (χ0) is 21.4. The zero-order valence-corrected chi connectivity index (χ0v) is 16.9. The number of hydrogen-bond donors (Lipinski definition) is 0. The second kappa shape index (κ2) is 7.52. The van der Waals surface area contributed by atoms with E-state index in [9.17, 15) is 4.79 Å². The number of ether oxygens (including phenoxy) is 2. The second-order valence-corrected chi connectivity index (χ2v) is 6.87. The minimum Gasteiger partial charge on any atom is -0.497 e. The van der Waals surface area contributed by atoms with Crippen LogP contribution in [0.2, 0.25) is 0 Å². The molecule has 4 aromatic heterocycles. The molecule has 1 aromatic carbocycles. The van der Waals surface area contributed by atoms with Gasteiger partial charge in [-0.15, -0.1) is 0 Å². The highest BCUT2D eigenvalue weighted by Crippen LogP contribution is 2.29. The van der Waals surface area contributed by atoms with Gasteiger partial charge in [0.1, 0.15) is 17.7 Å². The van der Waals surface area contributed by atoms with E-state index in [4.69, 9.17) is 9.47 Å². The molecule has 0 N–H and O–H groups in total. The Morgan fingerprint density at radius 1 is 0.968 bits per heavy atom. The summed E-state index contributed by atoms with van der Waals surface area (Å²) in [4.78, 5) is 26.3. The molecule has 0 bridgehead atoms. The molecule has 0 atom stereocenters. The molecule has 9 heteroatoms. The van der Waals surface area contributed by atoms with Gasteiger partial charge in [0, 0.05) is 23.5 Å². The van der Waals surface area contributed by atoms with Crippen LogP contribution < -0.4 is 15.2 Å². The maximum Gasteiger partial charge on any atom is 0.352 e. The number of fused-ring (bicyclic) bond motifs is 3. The lowest BCUT2D eigenvalue weighted by Gasteiger charge is -2.12. The number of hydrogen-bond acceptors (Lipinski definition) is 7. The normalized spacial score (nSPS) is 11.2. The summed E-state index contributed by atoms with van der Waals surface area (Å²) in [6, 6.07) is 13.2. The van der Waals surface area contributed by atoms with Gasteiger partial charge in [0.25, 0.3) is 0 Å². The van der Waals surface area contributed by atoms with Crippen molar-refractivity contribution in [1.29, 1.82) is 0 Å². The summed E-state index contributed by atoms with van der Waals surface area (Å²) in [6.45, 7) is 0.331. The summed E-state index contributed by atoms with van der Waals surface area (Å²) in [5.74, 6) is 1.24. The fraction of sp³-hybridized carbons (Fsp3) is 0.136. The average Bonchev–Trinajstić information content (AvgIpc) is 3.32. The Labute approximate surface area is 176 Å². The van der Waals surface area contributed by atoms with Crippen molar-refractivity contribution in [1.82, 2.24) is 29.1 Å². The predicted octanol–water partition coefficient (Wildman–Crippen LogP) is 2.57. The molecule has 0 saturated carbocycles. The lowest BCUT2D eigenvalue weighted by atomic mass is 10.1. The zero-order valence-electron chi connectivity index (χ0n) is 16.9. The Balaban J connectivity index is 1.72. The Morgan fingerprint density at radius 2 is 1.81 bits per heavy atom.